The maximum Gasteiger partial charge on any atom is 0.345 e. The number of carbonyl (C=O) groups is 1. The van der Waals surface area contributed by atoms with Crippen molar-refractivity contribution in [3.05, 3.63) is 16.3 Å². The second-order valence-corrected chi connectivity index (χ2v) is 4.43. The van der Waals surface area contributed by atoms with Crippen molar-refractivity contribution in [2.45, 2.75) is 26.3 Å². The number of anilines is 1. The van der Waals surface area contributed by atoms with E-state index in [1.165, 1.54) is 6.20 Å². The summed E-state index contributed by atoms with van der Waals surface area (Å²) in [7, 11) is 0. The molecule has 94 valence electrons. The minimum Gasteiger partial charge on any atom is -0.354 e. The number of nitrogens with one attached hydrogen (secondary N) is 2. The maximum atomic E-state index is 11.5. The number of thiazole rings is 1. The van der Waals surface area contributed by atoms with E-state index in [0.29, 0.717) is 11.7 Å². The smallest absolute Gasteiger partial charge is 0.345 e. The van der Waals surface area contributed by atoms with Gasteiger partial charge >= 0.3 is 5.00 Å². The lowest BCUT2D eigenvalue weighted by atomic mass is 10.3. The Morgan fingerprint density at radius 2 is 2.41 bits per heavy atom. The molecule has 0 radical (unpaired) electrons. The monoisotopic (exact) mass is 258 g/mol. The van der Waals surface area contributed by atoms with Crippen molar-refractivity contribution in [1.82, 2.24) is 10.3 Å². The standard InChI is InChI=1S/C9H14N4O3S/c1-3-4-10-8(14)6(2)12-9-11-5-7(17-9)13(15)16/h5-6H,3-4H2,1-2H3,(H,10,14)(H,11,12). The van der Waals surface area contributed by atoms with Gasteiger partial charge < -0.3 is 10.6 Å². The topological polar surface area (TPSA) is 97.2 Å². The largest absolute Gasteiger partial charge is 0.354 e. The normalized spacial score (nSPS) is 11.9. The Morgan fingerprint density at radius 3 is 2.94 bits per heavy atom. The zero-order valence-electron chi connectivity index (χ0n) is 9.60. The molecule has 1 amide bonds. The second kappa shape index (κ2) is 6.14. The number of rotatable bonds is 6. The fourth-order valence-electron chi connectivity index (χ4n) is 1.07. The molecular formula is C9H14N4O3S. The first-order valence-electron chi connectivity index (χ1n) is 5.19. The molecular weight excluding hydrogens is 244 g/mol. The van der Waals surface area contributed by atoms with Crippen LogP contribution in [0, 0.1) is 10.1 Å². The molecule has 0 fully saturated rings. The van der Waals surface area contributed by atoms with Crippen LogP contribution in [0.25, 0.3) is 0 Å². The Kier molecular flexibility index (Phi) is 4.83. The van der Waals surface area contributed by atoms with Crippen LogP contribution in [0.5, 0.6) is 0 Å². The highest BCUT2D eigenvalue weighted by molar-refractivity contribution is 7.18. The highest BCUT2D eigenvalue weighted by Crippen LogP contribution is 2.25. The lowest BCUT2D eigenvalue weighted by Crippen LogP contribution is -2.37. The molecule has 1 atom stereocenters. The predicted octanol–water partition coefficient (Wildman–Crippen LogP) is 1.38. The molecule has 0 bridgehead atoms. The van der Waals surface area contributed by atoms with Crippen molar-refractivity contribution in [2.75, 3.05) is 11.9 Å². The van der Waals surface area contributed by atoms with Crippen molar-refractivity contribution in [3.63, 3.8) is 0 Å². The van der Waals surface area contributed by atoms with Gasteiger partial charge in [-0.2, -0.15) is 0 Å². The van der Waals surface area contributed by atoms with Crippen molar-refractivity contribution >= 4 is 27.4 Å². The lowest BCUT2D eigenvalue weighted by molar-refractivity contribution is -0.380. The molecule has 0 saturated carbocycles. The number of amides is 1. The quantitative estimate of drug-likeness (QED) is 0.593. The van der Waals surface area contributed by atoms with Crippen LogP contribution >= 0.6 is 11.3 Å². The van der Waals surface area contributed by atoms with Gasteiger partial charge in [-0.25, -0.2) is 4.98 Å². The van der Waals surface area contributed by atoms with Gasteiger partial charge in [0.25, 0.3) is 0 Å². The highest BCUT2D eigenvalue weighted by Gasteiger charge is 2.16. The molecule has 0 aromatic carbocycles. The van der Waals surface area contributed by atoms with Gasteiger partial charge in [0.1, 0.15) is 12.2 Å². The van der Waals surface area contributed by atoms with Crippen LogP contribution in [-0.4, -0.2) is 28.4 Å². The number of nitrogens with zero attached hydrogens (tertiary/aromatic N) is 2. The summed E-state index contributed by atoms with van der Waals surface area (Å²) in [6.07, 6.45) is 2.03. The number of aromatic nitrogens is 1. The Labute approximate surface area is 102 Å². The Morgan fingerprint density at radius 1 is 1.71 bits per heavy atom. The molecule has 17 heavy (non-hydrogen) atoms. The van der Waals surface area contributed by atoms with Gasteiger partial charge in [0.2, 0.25) is 5.91 Å². The summed E-state index contributed by atoms with van der Waals surface area (Å²) in [5.74, 6) is -0.148. The zero-order valence-corrected chi connectivity index (χ0v) is 10.4. The summed E-state index contributed by atoms with van der Waals surface area (Å²) < 4.78 is 0. The van der Waals surface area contributed by atoms with E-state index >= 15 is 0 Å². The molecule has 2 N–H and O–H groups in total. The van der Waals surface area contributed by atoms with Crippen molar-refractivity contribution in [1.29, 1.82) is 0 Å². The summed E-state index contributed by atoms with van der Waals surface area (Å²) in [6, 6.07) is -0.465. The Hall–Kier alpha value is -1.70. The van der Waals surface area contributed by atoms with Crippen LogP contribution in [0.3, 0.4) is 0 Å². The molecule has 0 aliphatic carbocycles. The summed E-state index contributed by atoms with van der Waals surface area (Å²) >= 11 is 0.909. The average Bonchev–Trinajstić information content (AvgIpc) is 2.74. The van der Waals surface area contributed by atoms with Crippen LogP contribution < -0.4 is 10.6 Å². The molecule has 0 spiro atoms. The first-order chi connectivity index (χ1) is 8.04. The second-order valence-electron chi connectivity index (χ2n) is 3.42. The van der Waals surface area contributed by atoms with Gasteiger partial charge in [-0.1, -0.05) is 6.92 Å². The molecule has 0 aliphatic rings. The highest BCUT2D eigenvalue weighted by atomic mass is 32.1. The first kappa shape index (κ1) is 13.4. The fourth-order valence-corrected chi connectivity index (χ4v) is 1.79. The van der Waals surface area contributed by atoms with Crippen molar-refractivity contribution in [3.8, 4) is 0 Å². The fraction of sp³-hybridized carbons (Fsp3) is 0.556. The SMILES string of the molecule is CCCNC(=O)C(C)Nc1ncc([N+](=O)[O-])s1. The summed E-state index contributed by atoms with van der Waals surface area (Å²) in [4.78, 5) is 25.3. The Bertz CT molecular complexity index is 407. The number of hydrogen-bond donors (Lipinski definition) is 2. The van der Waals surface area contributed by atoms with E-state index in [1.54, 1.807) is 6.92 Å². The van der Waals surface area contributed by atoms with E-state index < -0.39 is 11.0 Å². The third-order valence-electron chi connectivity index (χ3n) is 1.96. The molecule has 0 aliphatic heterocycles. The van der Waals surface area contributed by atoms with Crippen molar-refractivity contribution in [2.24, 2.45) is 0 Å². The summed E-state index contributed by atoms with van der Waals surface area (Å²) in [5, 5.41) is 16.3. The van der Waals surface area contributed by atoms with E-state index in [4.69, 9.17) is 0 Å². The van der Waals surface area contributed by atoms with E-state index in [2.05, 4.69) is 15.6 Å². The van der Waals surface area contributed by atoms with Gasteiger partial charge in [0.15, 0.2) is 5.13 Å². The van der Waals surface area contributed by atoms with E-state index in [1.807, 2.05) is 6.92 Å². The molecule has 8 heteroatoms. The van der Waals surface area contributed by atoms with E-state index in [-0.39, 0.29) is 10.9 Å². The van der Waals surface area contributed by atoms with Crippen LogP contribution in [-0.2, 0) is 4.79 Å². The third kappa shape index (κ3) is 3.99. The predicted molar refractivity (Wildman–Crippen MR) is 65.2 cm³/mol. The van der Waals surface area contributed by atoms with E-state index in [9.17, 15) is 14.9 Å². The first-order valence-corrected chi connectivity index (χ1v) is 6.00. The molecule has 1 aromatic heterocycles. The van der Waals surface area contributed by atoms with Gasteiger partial charge in [0, 0.05) is 6.54 Å². The molecule has 0 saturated heterocycles. The van der Waals surface area contributed by atoms with Gasteiger partial charge in [-0.05, 0) is 24.7 Å². The number of nitro groups is 1. The Balaban J connectivity index is 2.52. The van der Waals surface area contributed by atoms with Crippen LogP contribution in [0.2, 0.25) is 0 Å². The number of hydrogen-bond acceptors (Lipinski definition) is 6. The molecule has 1 unspecified atom stereocenters. The van der Waals surface area contributed by atoms with Crippen LogP contribution in [0.15, 0.2) is 6.20 Å². The lowest BCUT2D eigenvalue weighted by Gasteiger charge is -2.12. The van der Waals surface area contributed by atoms with Crippen LogP contribution in [0.1, 0.15) is 20.3 Å². The maximum absolute atomic E-state index is 11.5. The van der Waals surface area contributed by atoms with Crippen molar-refractivity contribution < 1.29 is 9.72 Å². The zero-order chi connectivity index (χ0) is 12.8. The van der Waals surface area contributed by atoms with Gasteiger partial charge in [-0.15, -0.1) is 0 Å². The minimum atomic E-state index is -0.509. The third-order valence-corrected chi connectivity index (χ3v) is 2.84. The van der Waals surface area contributed by atoms with Crippen LogP contribution in [0.4, 0.5) is 10.1 Å². The minimum absolute atomic E-state index is 0.0475. The average molecular weight is 258 g/mol. The molecule has 1 aromatic rings. The van der Waals surface area contributed by atoms with Gasteiger partial charge in [0.05, 0.1) is 4.92 Å². The summed E-state index contributed by atoms with van der Waals surface area (Å²) in [6.45, 7) is 4.25. The molecule has 1 rings (SSSR count). The molecule has 1 heterocycles. The van der Waals surface area contributed by atoms with E-state index in [0.717, 1.165) is 17.8 Å². The number of carbonyl (C=O) groups excluding carboxylic acids is 1. The molecule has 7 nitrogen and oxygen atoms in total. The van der Waals surface area contributed by atoms with Gasteiger partial charge in [-0.3, -0.25) is 14.9 Å². The summed E-state index contributed by atoms with van der Waals surface area (Å²) in [5.41, 5.74) is 0.